The summed E-state index contributed by atoms with van der Waals surface area (Å²) >= 11 is 0. The fourth-order valence-corrected chi connectivity index (χ4v) is 2.55. The number of phenols is 1. The molecule has 3 rings (SSSR count). The van der Waals surface area contributed by atoms with Crippen LogP contribution in [0.3, 0.4) is 0 Å². The first-order valence-corrected chi connectivity index (χ1v) is 8.50. The third-order valence-electron chi connectivity index (χ3n) is 4.05. The van der Waals surface area contributed by atoms with E-state index < -0.39 is 0 Å². The Bertz CT molecular complexity index is 856. The summed E-state index contributed by atoms with van der Waals surface area (Å²) in [5.74, 6) is 1.30. The van der Waals surface area contributed by atoms with Gasteiger partial charge >= 0.3 is 0 Å². The minimum Gasteiger partial charge on any atom is -0.507 e. The molecule has 1 atom stereocenters. The van der Waals surface area contributed by atoms with Gasteiger partial charge in [0, 0.05) is 24.3 Å². The van der Waals surface area contributed by atoms with Crippen LogP contribution in [-0.4, -0.2) is 32.9 Å². The monoisotopic (exact) mass is 350 g/mol. The molecule has 134 valence electrons. The van der Waals surface area contributed by atoms with Gasteiger partial charge in [0.15, 0.2) is 5.82 Å². The average molecular weight is 350 g/mol. The number of aromatic nitrogens is 3. The van der Waals surface area contributed by atoms with Crippen LogP contribution < -0.4 is 16.4 Å². The van der Waals surface area contributed by atoms with Gasteiger partial charge in [-0.05, 0) is 36.8 Å². The topological polar surface area (TPSA) is 109 Å². The zero-order chi connectivity index (χ0) is 18.4. The van der Waals surface area contributed by atoms with Crippen LogP contribution >= 0.6 is 0 Å². The van der Waals surface area contributed by atoms with Crippen molar-refractivity contribution in [3.63, 3.8) is 0 Å². The summed E-state index contributed by atoms with van der Waals surface area (Å²) in [4.78, 5) is 4.29. The van der Waals surface area contributed by atoms with Crippen molar-refractivity contribution in [1.82, 2.24) is 15.2 Å². The van der Waals surface area contributed by atoms with E-state index in [0.717, 1.165) is 12.2 Å². The minimum absolute atomic E-state index is 0.153. The number of anilines is 3. The molecule has 0 saturated carbocycles. The summed E-state index contributed by atoms with van der Waals surface area (Å²) in [5.41, 5.74) is 7.81. The van der Waals surface area contributed by atoms with Gasteiger partial charge in [0.2, 0.25) is 0 Å². The van der Waals surface area contributed by atoms with Gasteiger partial charge < -0.3 is 21.5 Å². The van der Waals surface area contributed by atoms with Crippen LogP contribution in [0.15, 0.2) is 54.7 Å². The molecule has 3 aromatic rings. The number of hydrogen-bond acceptors (Lipinski definition) is 7. The molecule has 0 aliphatic rings. The zero-order valence-corrected chi connectivity index (χ0v) is 14.6. The van der Waals surface area contributed by atoms with Crippen LogP contribution in [0.5, 0.6) is 5.75 Å². The van der Waals surface area contributed by atoms with Crippen molar-refractivity contribution >= 4 is 17.3 Å². The normalized spacial score (nSPS) is 11.7. The van der Waals surface area contributed by atoms with E-state index in [1.165, 1.54) is 0 Å². The Kier molecular flexibility index (Phi) is 5.48. The van der Waals surface area contributed by atoms with Crippen molar-refractivity contribution in [3.8, 4) is 17.0 Å². The molecule has 0 spiro atoms. The van der Waals surface area contributed by atoms with E-state index in [1.54, 1.807) is 30.5 Å². The van der Waals surface area contributed by atoms with Crippen molar-refractivity contribution in [2.24, 2.45) is 0 Å². The molecule has 1 aromatic carbocycles. The number of hydrogen-bond donors (Lipinski definition) is 4. The van der Waals surface area contributed by atoms with E-state index in [0.29, 0.717) is 29.3 Å². The van der Waals surface area contributed by atoms with E-state index in [2.05, 4.69) is 32.7 Å². The van der Waals surface area contributed by atoms with E-state index in [1.807, 2.05) is 24.3 Å². The highest BCUT2D eigenvalue weighted by Gasteiger charge is 2.12. The molecule has 7 heteroatoms. The number of pyridine rings is 1. The van der Waals surface area contributed by atoms with Gasteiger partial charge in [0.1, 0.15) is 11.6 Å². The molecule has 7 nitrogen and oxygen atoms in total. The predicted octanol–water partition coefficient (Wildman–Crippen LogP) is 3.13. The number of benzene rings is 1. The van der Waals surface area contributed by atoms with Crippen molar-refractivity contribution < 1.29 is 5.11 Å². The Labute approximate surface area is 152 Å². The average Bonchev–Trinajstić information content (AvgIpc) is 2.67. The molecule has 1 unspecified atom stereocenters. The predicted molar refractivity (Wildman–Crippen MR) is 104 cm³/mol. The van der Waals surface area contributed by atoms with Crippen LogP contribution in [0, 0.1) is 0 Å². The van der Waals surface area contributed by atoms with E-state index >= 15 is 0 Å². The molecule has 0 saturated heterocycles. The van der Waals surface area contributed by atoms with Crippen LogP contribution in [0.4, 0.5) is 17.3 Å². The molecule has 0 bridgehead atoms. The second kappa shape index (κ2) is 8.15. The Morgan fingerprint density at radius 3 is 2.65 bits per heavy atom. The minimum atomic E-state index is 0.153. The molecule has 2 aromatic heterocycles. The highest BCUT2D eigenvalue weighted by atomic mass is 16.3. The van der Waals surface area contributed by atoms with Gasteiger partial charge in [0.05, 0.1) is 11.4 Å². The first kappa shape index (κ1) is 17.5. The summed E-state index contributed by atoms with van der Waals surface area (Å²) in [6, 6.07) is 14.7. The quantitative estimate of drug-likeness (QED) is 0.518. The van der Waals surface area contributed by atoms with Crippen LogP contribution in [0.25, 0.3) is 11.3 Å². The molecular weight excluding hydrogens is 328 g/mol. The molecular formula is C19H22N6O. The lowest BCUT2D eigenvalue weighted by atomic mass is 10.1. The van der Waals surface area contributed by atoms with Gasteiger partial charge in [-0.25, -0.2) is 4.98 Å². The van der Waals surface area contributed by atoms with Crippen LogP contribution in [0.1, 0.15) is 13.3 Å². The highest BCUT2D eigenvalue weighted by Crippen LogP contribution is 2.29. The van der Waals surface area contributed by atoms with Crippen molar-refractivity contribution in [3.05, 3.63) is 54.7 Å². The third kappa shape index (κ3) is 4.18. The standard InChI is InChI=1S/C19H22N6O/c1-2-13(23-18-9-5-6-10-21-18)12-22-16-11-15(24-25-19(16)20)14-7-3-4-8-17(14)26/h3-11,13,26H,2,12H2,1H3,(H2,20,25)(H,21,23)(H,22,24). The van der Waals surface area contributed by atoms with E-state index in [4.69, 9.17) is 5.73 Å². The Morgan fingerprint density at radius 1 is 1.12 bits per heavy atom. The molecule has 0 aliphatic heterocycles. The summed E-state index contributed by atoms with van der Waals surface area (Å²) < 4.78 is 0. The number of aromatic hydroxyl groups is 1. The summed E-state index contributed by atoms with van der Waals surface area (Å²) in [5, 5.41) is 24.8. The Morgan fingerprint density at radius 2 is 1.92 bits per heavy atom. The van der Waals surface area contributed by atoms with Gasteiger partial charge in [-0.1, -0.05) is 25.1 Å². The first-order valence-electron chi connectivity index (χ1n) is 8.50. The van der Waals surface area contributed by atoms with Crippen LogP contribution in [0.2, 0.25) is 0 Å². The highest BCUT2D eigenvalue weighted by molar-refractivity contribution is 5.73. The van der Waals surface area contributed by atoms with Crippen molar-refractivity contribution in [2.75, 3.05) is 22.9 Å². The number of rotatable bonds is 7. The van der Waals surface area contributed by atoms with Gasteiger partial charge in [-0.2, -0.15) is 0 Å². The SMILES string of the molecule is CCC(CNc1cc(-c2ccccc2O)nnc1N)Nc1ccccn1. The Balaban J connectivity index is 1.73. The lowest BCUT2D eigenvalue weighted by Gasteiger charge is -2.19. The second-order valence-corrected chi connectivity index (χ2v) is 5.89. The molecule has 0 radical (unpaired) electrons. The molecule has 26 heavy (non-hydrogen) atoms. The number of phenolic OH excluding ortho intramolecular Hbond substituents is 1. The summed E-state index contributed by atoms with van der Waals surface area (Å²) in [6.07, 6.45) is 2.67. The number of nitrogens with two attached hydrogens (primary N) is 1. The zero-order valence-electron chi connectivity index (χ0n) is 14.6. The van der Waals surface area contributed by atoms with Gasteiger partial charge in [0.25, 0.3) is 0 Å². The number of nitrogens with one attached hydrogen (secondary N) is 2. The van der Waals surface area contributed by atoms with E-state index in [9.17, 15) is 5.11 Å². The third-order valence-corrected chi connectivity index (χ3v) is 4.05. The maximum Gasteiger partial charge on any atom is 0.169 e. The largest absolute Gasteiger partial charge is 0.507 e. The van der Waals surface area contributed by atoms with Crippen LogP contribution in [-0.2, 0) is 0 Å². The fraction of sp³-hybridized carbons (Fsp3) is 0.211. The first-order chi connectivity index (χ1) is 12.7. The summed E-state index contributed by atoms with van der Waals surface area (Å²) in [7, 11) is 0. The fourth-order valence-electron chi connectivity index (χ4n) is 2.55. The maximum atomic E-state index is 10.0. The number of para-hydroxylation sites is 1. The lowest BCUT2D eigenvalue weighted by Crippen LogP contribution is -2.28. The maximum absolute atomic E-state index is 10.0. The molecule has 5 N–H and O–H groups in total. The van der Waals surface area contributed by atoms with Gasteiger partial charge in [-0.15, -0.1) is 10.2 Å². The number of nitrogens with zero attached hydrogens (tertiary/aromatic N) is 3. The van der Waals surface area contributed by atoms with Crippen molar-refractivity contribution in [2.45, 2.75) is 19.4 Å². The van der Waals surface area contributed by atoms with Gasteiger partial charge in [-0.3, -0.25) is 0 Å². The molecule has 0 aliphatic carbocycles. The van der Waals surface area contributed by atoms with Crippen molar-refractivity contribution in [1.29, 1.82) is 0 Å². The summed E-state index contributed by atoms with van der Waals surface area (Å²) in [6.45, 7) is 2.74. The van der Waals surface area contributed by atoms with E-state index in [-0.39, 0.29) is 11.8 Å². The number of nitrogen functional groups attached to an aromatic ring is 1. The molecule has 2 heterocycles. The smallest absolute Gasteiger partial charge is 0.169 e. The molecule has 0 fully saturated rings. The molecule has 0 amide bonds. The lowest BCUT2D eigenvalue weighted by molar-refractivity contribution is 0.477. The Hall–Kier alpha value is -3.35. The second-order valence-electron chi connectivity index (χ2n) is 5.89.